The Bertz CT molecular complexity index is 1440. The van der Waals surface area contributed by atoms with E-state index in [4.69, 9.17) is 15.5 Å². The van der Waals surface area contributed by atoms with Gasteiger partial charge in [0.05, 0.1) is 18.0 Å². The summed E-state index contributed by atoms with van der Waals surface area (Å²) in [7, 11) is 3.32. The average Bonchev–Trinajstić information content (AvgIpc) is 3.17. The summed E-state index contributed by atoms with van der Waals surface area (Å²) in [5.41, 5.74) is 9.20. The van der Waals surface area contributed by atoms with Crippen molar-refractivity contribution >= 4 is 22.8 Å². The minimum atomic E-state index is -0.411. The minimum Gasteiger partial charge on any atom is -0.493 e. The highest BCUT2D eigenvalue weighted by Gasteiger charge is 2.69. The standard InChI is InChI=1S/C24H22FN7O2/c1-32-8-15(18(31-32)13-3-5-14(25)6-4-13)19-20-16(27-12-28-19)7-17(34-2)21(29-20)30-22(33)23-9-24(26,10-23)11-23/h3-8,12H,9-11,26H2,1-2H3,(H,29,30,33). The maximum absolute atomic E-state index is 13.5. The van der Waals surface area contributed by atoms with E-state index in [1.54, 1.807) is 29.9 Å². The van der Waals surface area contributed by atoms with Crippen LogP contribution in [0.1, 0.15) is 19.3 Å². The molecule has 0 radical (unpaired) electrons. The zero-order valence-corrected chi connectivity index (χ0v) is 18.7. The summed E-state index contributed by atoms with van der Waals surface area (Å²) in [6.07, 6.45) is 5.33. The van der Waals surface area contributed by atoms with E-state index >= 15 is 0 Å². The molecule has 4 aromatic rings. The van der Waals surface area contributed by atoms with Crippen LogP contribution in [0, 0.1) is 11.2 Å². The van der Waals surface area contributed by atoms with Gasteiger partial charge >= 0.3 is 0 Å². The monoisotopic (exact) mass is 459 g/mol. The number of carbonyl (C=O) groups is 1. The number of rotatable bonds is 5. The number of halogens is 1. The molecule has 172 valence electrons. The Balaban J connectivity index is 1.45. The normalized spacial score (nSPS) is 22.7. The number of anilines is 1. The summed E-state index contributed by atoms with van der Waals surface area (Å²) in [6, 6.07) is 7.84. The molecule has 7 rings (SSSR count). The van der Waals surface area contributed by atoms with Crippen molar-refractivity contribution in [3.63, 3.8) is 0 Å². The molecule has 34 heavy (non-hydrogen) atoms. The van der Waals surface area contributed by atoms with Crippen LogP contribution in [-0.2, 0) is 11.8 Å². The van der Waals surface area contributed by atoms with Crippen LogP contribution in [0.3, 0.4) is 0 Å². The van der Waals surface area contributed by atoms with Crippen molar-refractivity contribution in [2.24, 2.45) is 18.2 Å². The highest BCUT2D eigenvalue weighted by atomic mass is 19.1. The number of nitrogens with one attached hydrogen (secondary N) is 1. The van der Waals surface area contributed by atoms with Crippen LogP contribution in [0.4, 0.5) is 10.2 Å². The number of nitrogens with zero attached hydrogens (tertiary/aromatic N) is 5. The molecule has 0 saturated heterocycles. The number of fused-ring (bicyclic) bond motifs is 1. The molecule has 9 nitrogen and oxygen atoms in total. The van der Waals surface area contributed by atoms with Gasteiger partial charge in [0.2, 0.25) is 5.91 Å². The lowest BCUT2D eigenvalue weighted by Crippen LogP contribution is -2.75. The van der Waals surface area contributed by atoms with E-state index in [2.05, 4.69) is 20.4 Å². The van der Waals surface area contributed by atoms with Crippen LogP contribution < -0.4 is 15.8 Å². The lowest BCUT2D eigenvalue weighted by atomic mass is 9.39. The van der Waals surface area contributed by atoms with Crippen LogP contribution >= 0.6 is 0 Å². The quantitative estimate of drug-likeness (QED) is 0.470. The summed E-state index contributed by atoms with van der Waals surface area (Å²) in [6.45, 7) is 0. The Hall–Kier alpha value is -3.92. The van der Waals surface area contributed by atoms with Crippen molar-refractivity contribution in [3.05, 3.63) is 48.7 Å². The third-order valence-corrected chi connectivity index (χ3v) is 6.78. The molecule has 2 bridgehead atoms. The molecule has 0 aliphatic heterocycles. The largest absolute Gasteiger partial charge is 0.493 e. The second-order valence-corrected chi connectivity index (χ2v) is 9.33. The molecule has 3 aromatic heterocycles. The number of aryl methyl sites for hydroxylation is 1. The first-order valence-corrected chi connectivity index (χ1v) is 10.9. The first-order valence-electron chi connectivity index (χ1n) is 10.9. The van der Waals surface area contributed by atoms with E-state index in [0.29, 0.717) is 58.8 Å². The van der Waals surface area contributed by atoms with Crippen molar-refractivity contribution in [2.45, 2.75) is 24.8 Å². The van der Waals surface area contributed by atoms with Crippen LogP contribution in [0.25, 0.3) is 33.5 Å². The third kappa shape index (κ3) is 3.06. The second kappa shape index (κ2) is 7.04. The summed E-state index contributed by atoms with van der Waals surface area (Å²) >= 11 is 0. The Labute approximate surface area is 194 Å². The molecule has 3 aliphatic rings. The zero-order valence-electron chi connectivity index (χ0n) is 18.7. The van der Waals surface area contributed by atoms with Crippen LogP contribution in [-0.4, -0.2) is 43.3 Å². The predicted octanol–water partition coefficient (Wildman–Crippen LogP) is 3.06. The first-order chi connectivity index (χ1) is 16.3. The Kier molecular flexibility index (Phi) is 4.28. The van der Waals surface area contributed by atoms with Crippen molar-refractivity contribution in [3.8, 4) is 28.3 Å². The van der Waals surface area contributed by atoms with Crippen LogP contribution in [0.2, 0.25) is 0 Å². The Morgan fingerprint density at radius 3 is 2.59 bits per heavy atom. The number of amides is 1. The van der Waals surface area contributed by atoms with Gasteiger partial charge in [-0.3, -0.25) is 9.48 Å². The average molecular weight is 459 g/mol. The van der Waals surface area contributed by atoms with Crippen molar-refractivity contribution < 1.29 is 13.9 Å². The highest BCUT2D eigenvalue weighted by Crippen LogP contribution is 2.66. The fraction of sp³-hybridized carbons (Fsp3) is 0.292. The number of methoxy groups -OCH3 is 1. The summed E-state index contributed by atoms with van der Waals surface area (Å²) in [5.74, 6) is 0.285. The molecule has 3 fully saturated rings. The molecular formula is C24H22FN7O2. The van der Waals surface area contributed by atoms with Crippen LogP contribution in [0.15, 0.2) is 42.9 Å². The van der Waals surface area contributed by atoms with E-state index in [0.717, 1.165) is 5.56 Å². The molecule has 0 atom stereocenters. The maximum Gasteiger partial charge on any atom is 0.232 e. The number of carbonyl (C=O) groups excluding carboxylic acids is 1. The topological polar surface area (TPSA) is 121 Å². The van der Waals surface area contributed by atoms with Crippen molar-refractivity contribution in [1.29, 1.82) is 0 Å². The number of pyridine rings is 1. The van der Waals surface area contributed by atoms with E-state index in [-0.39, 0.29) is 17.3 Å². The molecule has 3 aliphatic carbocycles. The SMILES string of the molecule is COc1cc2ncnc(-c3cn(C)nc3-c3ccc(F)cc3)c2nc1NC(=O)C12CC(N)(C1)C2. The summed E-state index contributed by atoms with van der Waals surface area (Å²) in [4.78, 5) is 26.5. The fourth-order valence-corrected chi connectivity index (χ4v) is 5.24. The molecule has 10 heteroatoms. The number of benzene rings is 1. The van der Waals surface area contributed by atoms with Gasteiger partial charge in [0.1, 0.15) is 29.0 Å². The molecule has 3 saturated carbocycles. The Morgan fingerprint density at radius 2 is 1.91 bits per heavy atom. The van der Waals surface area contributed by atoms with E-state index in [1.807, 2.05) is 6.20 Å². The van der Waals surface area contributed by atoms with E-state index in [1.165, 1.54) is 25.6 Å². The number of hydrogen-bond donors (Lipinski definition) is 2. The van der Waals surface area contributed by atoms with Crippen LogP contribution in [0.5, 0.6) is 5.75 Å². The molecule has 1 aromatic carbocycles. The summed E-state index contributed by atoms with van der Waals surface area (Å²) < 4.78 is 20.6. The van der Waals surface area contributed by atoms with Gasteiger partial charge < -0.3 is 15.8 Å². The lowest BCUT2D eigenvalue weighted by Gasteiger charge is -2.67. The van der Waals surface area contributed by atoms with Gasteiger partial charge in [-0.05, 0) is 43.5 Å². The Morgan fingerprint density at radius 1 is 1.18 bits per heavy atom. The smallest absolute Gasteiger partial charge is 0.232 e. The maximum atomic E-state index is 13.5. The third-order valence-electron chi connectivity index (χ3n) is 6.78. The second-order valence-electron chi connectivity index (χ2n) is 9.33. The van der Waals surface area contributed by atoms with Crippen molar-refractivity contribution in [1.82, 2.24) is 24.7 Å². The van der Waals surface area contributed by atoms with E-state index < -0.39 is 5.41 Å². The van der Waals surface area contributed by atoms with Gasteiger partial charge in [-0.2, -0.15) is 5.10 Å². The van der Waals surface area contributed by atoms with Crippen molar-refractivity contribution in [2.75, 3.05) is 12.4 Å². The van der Waals surface area contributed by atoms with Gasteiger partial charge in [0, 0.05) is 36.0 Å². The number of ether oxygens (including phenoxy) is 1. The zero-order chi connectivity index (χ0) is 23.7. The predicted molar refractivity (Wildman–Crippen MR) is 123 cm³/mol. The molecule has 0 spiro atoms. The number of hydrogen-bond acceptors (Lipinski definition) is 7. The molecule has 3 heterocycles. The molecule has 0 unspecified atom stereocenters. The van der Waals surface area contributed by atoms with E-state index in [9.17, 15) is 9.18 Å². The number of nitrogens with two attached hydrogens (primary N) is 1. The van der Waals surface area contributed by atoms with Gasteiger partial charge in [0.25, 0.3) is 0 Å². The van der Waals surface area contributed by atoms with Gasteiger partial charge in [-0.15, -0.1) is 0 Å². The summed E-state index contributed by atoms with van der Waals surface area (Å²) in [5, 5.41) is 7.50. The van der Waals surface area contributed by atoms with Gasteiger partial charge in [0.15, 0.2) is 11.6 Å². The molecular weight excluding hydrogens is 437 g/mol. The number of aromatic nitrogens is 5. The molecule has 1 amide bonds. The van der Waals surface area contributed by atoms with Gasteiger partial charge in [-0.1, -0.05) is 0 Å². The first kappa shape index (κ1) is 20.7. The fourth-order valence-electron chi connectivity index (χ4n) is 5.24. The highest BCUT2D eigenvalue weighted by molar-refractivity contribution is 6.01. The lowest BCUT2D eigenvalue weighted by molar-refractivity contribution is -0.166. The minimum absolute atomic E-state index is 0.100. The molecule has 3 N–H and O–H groups in total. The van der Waals surface area contributed by atoms with Gasteiger partial charge in [-0.25, -0.2) is 19.3 Å².